The van der Waals surface area contributed by atoms with Crippen LogP contribution in [0.3, 0.4) is 0 Å². The normalized spacial score (nSPS) is 10.1. The van der Waals surface area contributed by atoms with E-state index in [4.69, 9.17) is 10.00 Å². The topological polar surface area (TPSA) is 71.7 Å². The molecule has 2 heterocycles. The molecule has 0 spiro atoms. The standard InChI is InChI=1S/C17H11FN4O/c1-11-8-16(22-17(21-11)12-4-3-7-20-10-12)23-15-6-2-5-14(18)13(15)9-19/h2-8,10H,1H3. The highest BCUT2D eigenvalue weighted by Gasteiger charge is 2.12. The predicted octanol–water partition coefficient (Wildman–Crippen LogP) is 3.65. The first-order chi connectivity index (χ1) is 11.2. The number of benzene rings is 1. The van der Waals surface area contributed by atoms with Gasteiger partial charge in [-0.1, -0.05) is 6.07 Å². The minimum atomic E-state index is -0.636. The lowest BCUT2D eigenvalue weighted by Gasteiger charge is -2.09. The van der Waals surface area contributed by atoms with Gasteiger partial charge in [0.05, 0.1) is 0 Å². The summed E-state index contributed by atoms with van der Waals surface area (Å²) < 4.78 is 19.2. The lowest BCUT2D eigenvalue weighted by atomic mass is 10.2. The number of rotatable bonds is 3. The van der Waals surface area contributed by atoms with Crippen LogP contribution in [-0.4, -0.2) is 15.0 Å². The molecule has 0 aliphatic carbocycles. The van der Waals surface area contributed by atoms with E-state index < -0.39 is 5.82 Å². The fraction of sp³-hybridized carbons (Fsp3) is 0.0588. The third kappa shape index (κ3) is 3.14. The number of nitriles is 1. The van der Waals surface area contributed by atoms with E-state index in [1.807, 2.05) is 6.07 Å². The van der Waals surface area contributed by atoms with Crippen LogP contribution >= 0.6 is 0 Å². The Labute approximate surface area is 132 Å². The van der Waals surface area contributed by atoms with Crippen molar-refractivity contribution in [2.75, 3.05) is 0 Å². The number of nitrogens with zero attached hydrogens (tertiary/aromatic N) is 4. The van der Waals surface area contributed by atoms with Crippen LogP contribution in [0.4, 0.5) is 4.39 Å². The van der Waals surface area contributed by atoms with Crippen molar-refractivity contribution in [2.45, 2.75) is 6.92 Å². The molecule has 6 heteroatoms. The molecule has 0 N–H and O–H groups in total. The van der Waals surface area contributed by atoms with E-state index >= 15 is 0 Å². The molecule has 0 saturated carbocycles. The first kappa shape index (κ1) is 14.6. The highest BCUT2D eigenvalue weighted by atomic mass is 19.1. The van der Waals surface area contributed by atoms with Gasteiger partial charge >= 0.3 is 0 Å². The second-order valence-corrected chi connectivity index (χ2v) is 4.74. The van der Waals surface area contributed by atoms with Crippen LogP contribution in [0.1, 0.15) is 11.3 Å². The Bertz CT molecular complexity index is 891. The van der Waals surface area contributed by atoms with Gasteiger partial charge in [0, 0.05) is 29.7 Å². The van der Waals surface area contributed by atoms with Crippen molar-refractivity contribution >= 4 is 0 Å². The second kappa shape index (κ2) is 6.20. The predicted molar refractivity (Wildman–Crippen MR) is 81.2 cm³/mol. The third-order valence-electron chi connectivity index (χ3n) is 3.05. The summed E-state index contributed by atoms with van der Waals surface area (Å²) in [6, 6.07) is 11.2. The number of pyridine rings is 1. The van der Waals surface area contributed by atoms with E-state index in [0.29, 0.717) is 11.5 Å². The maximum atomic E-state index is 13.6. The molecule has 23 heavy (non-hydrogen) atoms. The minimum absolute atomic E-state index is 0.114. The molecule has 3 rings (SSSR count). The average Bonchev–Trinajstić information content (AvgIpc) is 2.55. The van der Waals surface area contributed by atoms with Crippen LogP contribution in [0.15, 0.2) is 48.8 Å². The molecule has 0 unspecified atom stereocenters. The van der Waals surface area contributed by atoms with Crippen molar-refractivity contribution in [1.82, 2.24) is 15.0 Å². The van der Waals surface area contributed by atoms with Crippen molar-refractivity contribution in [3.05, 3.63) is 65.9 Å². The van der Waals surface area contributed by atoms with Gasteiger partial charge in [0.1, 0.15) is 23.2 Å². The number of halogens is 1. The molecule has 0 aliphatic rings. The molecule has 0 atom stereocenters. The van der Waals surface area contributed by atoms with E-state index in [-0.39, 0.29) is 17.2 Å². The van der Waals surface area contributed by atoms with Crippen molar-refractivity contribution in [3.8, 4) is 29.1 Å². The number of aryl methyl sites for hydroxylation is 1. The van der Waals surface area contributed by atoms with Crippen LogP contribution in [0.2, 0.25) is 0 Å². The lowest BCUT2D eigenvalue weighted by molar-refractivity contribution is 0.455. The molecule has 0 saturated heterocycles. The Hall–Kier alpha value is -3.33. The van der Waals surface area contributed by atoms with Crippen LogP contribution < -0.4 is 4.74 Å². The molecule has 3 aromatic rings. The number of aromatic nitrogens is 3. The average molecular weight is 306 g/mol. The van der Waals surface area contributed by atoms with Crippen LogP contribution in [0.5, 0.6) is 11.6 Å². The molecule has 1 aromatic carbocycles. The van der Waals surface area contributed by atoms with Gasteiger partial charge in [0.15, 0.2) is 5.82 Å². The number of hydrogen-bond acceptors (Lipinski definition) is 5. The molecule has 0 bridgehead atoms. The number of ether oxygens (including phenoxy) is 1. The highest BCUT2D eigenvalue weighted by molar-refractivity contribution is 5.54. The zero-order chi connectivity index (χ0) is 16.2. The summed E-state index contributed by atoms with van der Waals surface area (Å²) >= 11 is 0. The molecule has 112 valence electrons. The maximum Gasteiger partial charge on any atom is 0.223 e. The number of hydrogen-bond donors (Lipinski definition) is 0. The van der Waals surface area contributed by atoms with Crippen LogP contribution in [-0.2, 0) is 0 Å². The van der Waals surface area contributed by atoms with E-state index in [9.17, 15) is 4.39 Å². The Morgan fingerprint density at radius 2 is 2.04 bits per heavy atom. The minimum Gasteiger partial charge on any atom is -0.437 e. The second-order valence-electron chi connectivity index (χ2n) is 4.74. The van der Waals surface area contributed by atoms with Crippen LogP contribution in [0, 0.1) is 24.1 Å². The lowest BCUT2D eigenvalue weighted by Crippen LogP contribution is -1.98. The Kier molecular flexibility index (Phi) is 3.93. The SMILES string of the molecule is Cc1cc(Oc2cccc(F)c2C#N)nc(-c2cccnc2)n1. The summed E-state index contributed by atoms with van der Waals surface area (Å²) in [7, 11) is 0. The Morgan fingerprint density at radius 1 is 1.17 bits per heavy atom. The first-order valence-corrected chi connectivity index (χ1v) is 6.80. The summed E-state index contributed by atoms with van der Waals surface area (Å²) in [6.45, 7) is 1.80. The smallest absolute Gasteiger partial charge is 0.223 e. The van der Waals surface area contributed by atoms with Crippen LogP contribution in [0.25, 0.3) is 11.4 Å². The summed E-state index contributed by atoms with van der Waals surface area (Å²) in [4.78, 5) is 12.7. The van der Waals surface area contributed by atoms with Crippen molar-refractivity contribution in [1.29, 1.82) is 5.26 Å². The fourth-order valence-electron chi connectivity index (χ4n) is 2.03. The van der Waals surface area contributed by atoms with E-state index in [1.165, 1.54) is 18.2 Å². The highest BCUT2D eigenvalue weighted by Crippen LogP contribution is 2.27. The quantitative estimate of drug-likeness (QED) is 0.738. The molecule has 0 radical (unpaired) electrons. The first-order valence-electron chi connectivity index (χ1n) is 6.80. The molecule has 2 aromatic heterocycles. The largest absolute Gasteiger partial charge is 0.437 e. The van der Waals surface area contributed by atoms with Gasteiger partial charge in [-0.25, -0.2) is 9.37 Å². The summed E-state index contributed by atoms with van der Waals surface area (Å²) in [5.74, 6) is 0.160. The maximum absolute atomic E-state index is 13.6. The van der Waals surface area contributed by atoms with Crippen molar-refractivity contribution < 1.29 is 9.13 Å². The molecular weight excluding hydrogens is 295 g/mol. The van der Waals surface area contributed by atoms with Crippen molar-refractivity contribution in [3.63, 3.8) is 0 Å². The van der Waals surface area contributed by atoms with E-state index in [0.717, 1.165) is 5.56 Å². The fourth-order valence-corrected chi connectivity index (χ4v) is 2.03. The van der Waals surface area contributed by atoms with Gasteiger partial charge in [-0.3, -0.25) is 4.98 Å². The summed E-state index contributed by atoms with van der Waals surface area (Å²) in [5.41, 5.74) is 1.26. The Morgan fingerprint density at radius 3 is 2.78 bits per heavy atom. The molecule has 0 aliphatic heterocycles. The van der Waals surface area contributed by atoms with E-state index in [2.05, 4.69) is 15.0 Å². The molecule has 5 nitrogen and oxygen atoms in total. The van der Waals surface area contributed by atoms with Gasteiger partial charge < -0.3 is 4.74 Å². The van der Waals surface area contributed by atoms with Gasteiger partial charge in [-0.05, 0) is 31.2 Å². The zero-order valence-corrected chi connectivity index (χ0v) is 12.2. The third-order valence-corrected chi connectivity index (χ3v) is 3.05. The monoisotopic (exact) mass is 306 g/mol. The molecule has 0 fully saturated rings. The summed E-state index contributed by atoms with van der Waals surface area (Å²) in [6.07, 6.45) is 3.30. The molecular formula is C17H11FN4O. The van der Waals surface area contributed by atoms with Gasteiger partial charge in [-0.2, -0.15) is 10.2 Å². The van der Waals surface area contributed by atoms with Gasteiger partial charge in [-0.15, -0.1) is 0 Å². The summed E-state index contributed by atoms with van der Waals surface area (Å²) in [5, 5.41) is 9.05. The van der Waals surface area contributed by atoms with Crippen molar-refractivity contribution in [2.24, 2.45) is 0 Å². The Balaban J connectivity index is 2.01. The molecule has 0 amide bonds. The van der Waals surface area contributed by atoms with Gasteiger partial charge in [0.2, 0.25) is 5.88 Å². The zero-order valence-electron chi connectivity index (χ0n) is 12.2. The van der Waals surface area contributed by atoms with Gasteiger partial charge in [0.25, 0.3) is 0 Å². The van der Waals surface area contributed by atoms with E-state index in [1.54, 1.807) is 37.5 Å².